The third-order valence-corrected chi connectivity index (χ3v) is 5.32. The highest BCUT2D eigenvalue weighted by molar-refractivity contribution is 6.55. The van der Waals surface area contributed by atoms with Crippen molar-refractivity contribution in [1.29, 1.82) is 0 Å². The quantitative estimate of drug-likeness (QED) is 0.722. The zero-order valence-corrected chi connectivity index (χ0v) is 14.5. The van der Waals surface area contributed by atoms with E-state index >= 15 is 0 Å². The molecule has 2 aliphatic rings. The molecule has 24 heavy (non-hydrogen) atoms. The van der Waals surface area contributed by atoms with E-state index in [0.717, 1.165) is 24.3 Å². The number of aryl methyl sites for hydroxylation is 2. The minimum Gasteiger partial charge on any atom is -0.253 e. The summed E-state index contributed by atoms with van der Waals surface area (Å²) in [6, 6.07) is 17.1. The third kappa shape index (κ3) is 2.60. The molecule has 1 heterocycles. The average molecular weight is 316 g/mol. The van der Waals surface area contributed by atoms with Crippen LogP contribution in [0.15, 0.2) is 58.5 Å². The maximum atomic E-state index is 5.22. The molecule has 0 amide bonds. The van der Waals surface area contributed by atoms with Crippen molar-refractivity contribution in [2.75, 3.05) is 0 Å². The number of hydrogen-bond acceptors (Lipinski definition) is 2. The molecule has 0 unspecified atom stereocenters. The standard InChI is InChI=1S/C22H24N2/c1-16-10-4-6-12-18(16)20-21(19-13-7-5-11-17(19)2)24-22(23-20)14-8-3-9-15-22/h4-7,10-13H,3,8-9,14-15H2,1-2H3. The number of rotatable bonds is 2. The predicted molar refractivity (Wildman–Crippen MR) is 101 cm³/mol. The van der Waals surface area contributed by atoms with Crippen LogP contribution in [0.5, 0.6) is 0 Å². The van der Waals surface area contributed by atoms with Crippen molar-refractivity contribution in [1.82, 2.24) is 0 Å². The van der Waals surface area contributed by atoms with Crippen LogP contribution >= 0.6 is 0 Å². The Morgan fingerprint density at radius 1 is 0.667 bits per heavy atom. The zero-order valence-electron chi connectivity index (χ0n) is 14.5. The Bertz CT molecular complexity index is 760. The van der Waals surface area contributed by atoms with Gasteiger partial charge in [0.05, 0.1) is 11.4 Å². The monoisotopic (exact) mass is 316 g/mol. The number of aliphatic imine (C=N–C) groups is 2. The zero-order chi connectivity index (χ0) is 16.6. The summed E-state index contributed by atoms with van der Waals surface area (Å²) in [7, 11) is 0. The molecule has 0 saturated heterocycles. The molecule has 1 aliphatic heterocycles. The lowest BCUT2D eigenvalue weighted by Crippen LogP contribution is -2.25. The molecule has 2 aromatic rings. The van der Waals surface area contributed by atoms with Gasteiger partial charge < -0.3 is 0 Å². The average Bonchev–Trinajstić information content (AvgIpc) is 2.95. The Morgan fingerprint density at radius 2 is 1.12 bits per heavy atom. The lowest BCUT2D eigenvalue weighted by atomic mass is 9.90. The van der Waals surface area contributed by atoms with E-state index in [-0.39, 0.29) is 5.66 Å². The highest BCUT2D eigenvalue weighted by atomic mass is 15.1. The maximum Gasteiger partial charge on any atom is 0.151 e. The van der Waals surface area contributed by atoms with Crippen molar-refractivity contribution in [3.8, 4) is 0 Å². The molecule has 0 bridgehead atoms. The van der Waals surface area contributed by atoms with Crippen LogP contribution in [0, 0.1) is 13.8 Å². The Balaban J connectivity index is 1.89. The molecule has 4 rings (SSSR count). The fraction of sp³-hybridized carbons (Fsp3) is 0.364. The summed E-state index contributed by atoms with van der Waals surface area (Å²) < 4.78 is 0. The molecule has 122 valence electrons. The van der Waals surface area contributed by atoms with Gasteiger partial charge in [-0.1, -0.05) is 55.0 Å². The molecule has 2 nitrogen and oxygen atoms in total. The van der Waals surface area contributed by atoms with Gasteiger partial charge in [-0.25, -0.2) is 0 Å². The van der Waals surface area contributed by atoms with Crippen molar-refractivity contribution in [2.45, 2.75) is 51.6 Å². The summed E-state index contributed by atoms with van der Waals surface area (Å²) >= 11 is 0. The van der Waals surface area contributed by atoms with E-state index in [1.165, 1.54) is 41.5 Å². The van der Waals surface area contributed by atoms with Crippen molar-refractivity contribution < 1.29 is 0 Å². The molecule has 1 aliphatic carbocycles. The van der Waals surface area contributed by atoms with Crippen molar-refractivity contribution in [2.24, 2.45) is 9.98 Å². The summed E-state index contributed by atoms with van der Waals surface area (Å²) in [6.45, 7) is 4.33. The predicted octanol–water partition coefficient (Wildman–Crippen LogP) is 5.26. The van der Waals surface area contributed by atoms with E-state index in [4.69, 9.17) is 9.98 Å². The Morgan fingerprint density at radius 3 is 1.58 bits per heavy atom. The lowest BCUT2D eigenvalue weighted by Gasteiger charge is -2.27. The number of nitrogens with zero attached hydrogens (tertiary/aromatic N) is 2. The summed E-state index contributed by atoms with van der Waals surface area (Å²) in [5.41, 5.74) is 6.95. The Kier molecular flexibility index (Phi) is 3.84. The first kappa shape index (κ1) is 15.3. The smallest absolute Gasteiger partial charge is 0.151 e. The van der Waals surface area contributed by atoms with Gasteiger partial charge in [-0.3, -0.25) is 9.98 Å². The van der Waals surface area contributed by atoms with E-state index < -0.39 is 0 Å². The van der Waals surface area contributed by atoms with Crippen LogP contribution in [0.3, 0.4) is 0 Å². The highest BCUT2D eigenvalue weighted by Crippen LogP contribution is 2.38. The first-order valence-electron chi connectivity index (χ1n) is 9.01. The SMILES string of the molecule is Cc1ccccc1C1=NC2(CCCCC2)N=C1c1ccccc1C. The molecule has 0 radical (unpaired) electrons. The summed E-state index contributed by atoms with van der Waals surface area (Å²) in [5.74, 6) is 0. The van der Waals surface area contributed by atoms with Gasteiger partial charge in [0.2, 0.25) is 0 Å². The topological polar surface area (TPSA) is 24.7 Å². The minimum absolute atomic E-state index is 0.215. The number of hydrogen-bond donors (Lipinski definition) is 0. The molecule has 0 N–H and O–H groups in total. The molecule has 1 spiro atoms. The van der Waals surface area contributed by atoms with Crippen LogP contribution in [0.2, 0.25) is 0 Å². The molecule has 2 heteroatoms. The van der Waals surface area contributed by atoms with Gasteiger partial charge in [0.1, 0.15) is 0 Å². The van der Waals surface area contributed by atoms with Crippen LogP contribution in [-0.4, -0.2) is 17.1 Å². The van der Waals surface area contributed by atoms with Crippen molar-refractivity contribution in [3.63, 3.8) is 0 Å². The fourth-order valence-electron chi connectivity index (χ4n) is 3.94. The Hall–Kier alpha value is -2.22. The van der Waals surface area contributed by atoms with Gasteiger partial charge in [-0.05, 0) is 50.7 Å². The van der Waals surface area contributed by atoms with Gasteiger partial charge in [0.25, 0.3) is 0 Å². The van der Waals surface area contributed by atoms with Gasteiger partial charge in [-0.15, -0.1) is 0 Å². The maximum absolute atomic E-state index is 5.22. The van der Waals surface area contributed by atoms with E-state index in [9.17, 15) is 0 Å². The third-order valence-electron chi connectivity index (χ3n) is 5.32. The highest BCUT2D eigenvalue weighted by Gasteiger charge is 2.38. The van der Waals surface area contributed by atoms with E-state index in [2.05, 4.69) is 62.4 Å². The van der Waals surface area contributed by atoms with Gasteiger partial charge >= 0.3 is 0 Å². The van der Waals surface area contributed by atoms with Gasteiger partial charge in [-0.2, -0.15) is 0 Å². The van der Waals surface area contributed by atoms with Crippen LogP contribution in [0.4, 0.5) is 0 Å². The number of benzene rings is 2. The fourth-order valence-corrected chi connectivity index (χ4v) is 3.94. The molecular formula is C22H24N2. The Labute approximate surface area is 144 Å². The van der Waals surface area contributed by atoms with E-state index in [0.29, 0.717) is 0 Å². The molecule has 2 aromatic carbocycles. The molecular weight excluding hydrogens is 292 g/mol. The van der Waals surface area contributed by atoms with Crippen LogP contribution in [0.25, 0.3) is 0 Å². The van der Waals surface area contributed by atoms with Crippen LogP contribution in [-0.2, 0) is 0 Å². The normalized spacial score (nSPS) is 19.2. The van der Waals surface area contributed by atoms with Crippen LogP contribution in [0.1, 0.15) is 54.4 Å². The molecule has 1 fully saturated rings. The van der Waals surface area contributed by atoms with Gasteiger partial charge in [0.15, 0.2) is 5.66 Å². The minimum atomic E-state index is -0.215. The first-order chi connectivity index (χ1) is 11.7. The van der Waals surface area contributed by atoms with E-state index in [1.807, 2.05) is 0 Å². The summed E-state index contributed by atoms with van der Waals surface area (Å²) in [4.78, 5) is 10.4. The van der Waals surface area contributed by atoms with Gasteiger partial charge in [0, 0.05) is 11.1 Å². The molecule has 1 saturated carbocycles. The van der Waals surface area contributed by atoms with Crippen LogP contribution < -0.4 is 0 Å². The first-order valence-corrected chi connectivity index (χ1v) is 9.01. The van der Waals surface area contributed by atoms with Crippen molar-refractivity contribution in [3.05, 3.63) is 70.8 Å². The molecule has 0 aromatic heterocycles. The largest absolute Gasteiger partial charge is 0.253 e. The molecule has 0 atom stereocenters. The van der Waals surface area contributed by atoms with E-state index in [1.54, 1.807) is 0 Å². The summed E-state index contributed by atoms with van der Waals surface area (Å²) in [6.07, 6.45) is 5.94. The second-order valence-electron chi connectivity index (χ2n) is 7.09. The van der Waals surface area contributed by atoms with Crippen molar-refractivity contribution >= 4 is 11.4 Å². The summed E-state index contributed by atoms with van der Waals surface area (Å²) in [5, 5.41) is 0. The second-order valence-corrected chi connectivity index (χ2v) is 7.09. The lowest BCUT2D eigenvalue weighted by molar-refractivity contribution is 0.316. The second kappa shape index (κ2) is 6.01.